The maximum atomic E-state index is 12.3. The van der Waals surface area contributed by atoms with E-state index in [2.05, 4.69) is 51.3 Å². The molecule has 1 fully saturated rings. The number of halogens is 1. The van der Waals surface area contributed by atoms with Crippen LogP contribution >= 0.6 is 27.7 Å². The summed E-state index contributed by atoms with van der Waals surface area (Å²) >= 11 is 5.57. The van der Waals surface area contributed by atoms with Crippen LogP contribution in [0, 0.1) is 6.92 Å². The first-order chi connectivity index (χ1) is 12.6. The SMILES string of the molecule is Cc1cc(CN2CCSCC2)ccc1NC(=O)CCc1ccccc1Br. The predicted molar refractivity (Wildman–Crippen MR) is 115 cm³/mol. The summed E-state index contributed by atoms with van der Waals surface area (Å²) in [5.74, 6) is 2.51. The monoisotopic (exact) mass is 432 g/mol. The van der Waals surface area contributed by atoms with Gasteiger partial charge in [-0.1, -0.05) is 46.3 Å². The van der Waals surface area contributed by atoms with Gasteiger partial charge in [-0.25, -0.2) is 0 Å². The molecule has 138 valence electrons. The molecule has 0 radical (unpaired) electrons. The Balaban J connectivity index is 1.54. The zero-order valence-corrected chi connectivity index (χ0v) is 17.5. The standard InChI is InChI=1S/C21H25BrN2OS/c1-16-14-17(15-24-10-12-26-13-11-24)6-8-20(16)23-21(25)9-7-18-4-2-3-5-19(18)22/h2-6,8,14H,7,9-13,15H2,1H3,(H,23,25). The average molecular weight is 433 g/mol. The molecule has 5 heteroatoms. The Kier molecular flexibility index (Phi) is 7.17. The van der Waals surface area contributed by atoms with Crippen molar-refractivity contribution in [1.29, 1.82) is 0 Å². The van der Waals surface area contributed by atoms with Crippen molar-refractivity contribution in [2.45, 2.75) is 26.3 Å². The summed E-state index contributed by atoms with van der Waals surface area (Å²) < 4.78 is 1.06. The van der Waals surface area contributed by atoms with E-state index in [1.54, 1.807) is 0 Å². The minimum Gasteiger partial charge on any atom is -0.326 e. The molecule has 2 aromatic rings. The Bertz CT molecular complexity index is 759. The summed E-state index contributed by atoms with van der Waals surface area (Å²) in [6.45, 7) is 5.39. The lowest BCUT2D eigenvalue weighted by atomic mass is 10.1. The highest BCUT2D eigenvalue weighted by Crippen LogP contribution is 2.21. The van der Waals surface area contributed by atoms with Crippen molar-refractivity contribution in [1.82, 2.24) is 4.90 Å². The molecule has 0 aliphatic carbocycles. The number of benzene rings is 2. The maximum Gasteiger partial charge on any atom is 0.224 e. The van der Waals surface area contributed by atoms with Gasteiger partial charge in [0.25, 0.3) is 0 Å². The molecule has 1 saturated heterocycles. The fourth-order valence-electron chi connectivity index (χ4n) is 3.14. The second-order valence-corrected chi connectivity index (χ2v) is 8.76. The normalized spacial score (nSPS) is 15.0. The van der Waals surface area contributed by atoms with Crippen LogP contribution in [0.15, 0.2) is 46.9 Å². The number of aryl methyl sites for hydroxylation is 2. The first-order valence-corrected chi connectivity index (χ1v) is 11.0. The number of hydrogen-bond acceptors (Lipinski definition) is 3. The smallest absolute Gasteiger partial charge is 0.224 e. The Morgan fingerprint density at radius 1 is 1.19 bits per heavy atom. The maximum absolute atomic E-state index is 12.3. The van der Waals surface area contributed by atoms with Crippen LogP contribution in [-0.2, 0) is 17.8 Å². The van der Waals surface area contributed by atoms with Gasteiger partial charge in [0.1, 0.15) is 0 Å². The summed E-state index contributed by atoms with van der Waals surface area (Å²) in [4.78, 5) is 14.8. The zero-order valence-electron chi connectivity index (χ0n) is 15.1. The van der Waals surface area contributed by atoms with E-state index in [1.807, 2.05) is 36.0 Å². The largest absolute Gasteiger partial charge is 0.326 e. The molecule has 1 aliphatic heterocycles. The molecular formula is C21H25BrN2OS. The van der Waals surface area contributed by atoms with Crippen LogP contribution in [0.3, 0.4) is 0 Å². The summed E-state index contributed by atoms with van der Waals surface area (Å²) in [6, 6.07) is 14.4. The highest BCUT2D eigenvalue weighted by Gasteiger charge is 2.12. The third-order valence-corrected chi connectivity index (χ3v) is 6.37. The number of anilines is 1. The van der Waals surface area contributed by atoms with Crippen molar-refractivity contribution >= 4 is 39.3 Å². The fraction of sp³-hybridized carbons (Fsp3) is 0.381. The van der Waals surface area contributed by atoms with Crippen molar-refractivity contribution in [3.63, 3.8) is 0 Å². The molecule has 1 aliphatic rings. The number of thioether (sulfide) groups is 1. The molecule has 0 atom stereocenters. The summed E-state index contributed by atoms with van der Waals surface area (Å²) in [5, 5.41) is 3.06. The van der Waals surface area contributed by atoms with E-state index in [0.717, 1.165) is 47.3 Å². The second kappa shape index (κ2) is 9.58. The molecule has 0 bridgehead atoms. The molecule has 1 heterocycles. The number of hydrogen-bond donors (Lipinski definition) is 1. The van der Waals surface area contributed by atoms with E-state index in [9.17, 15) is 4.79 Å². The third-order valence-electron chi connectivity index (χ3n) is 4.65. The molecule has 3 rings (SSSR count). The van der Waals surface area contributed by atoms with Crippen LogP contribution in [0.5, 0.6) is 0 Å². The van der Waals surface area contributed by atoms with Gasteiger partial charge in [-0.3, -0.25) is 9.69 Å². The van der Waals surface area contributed by atoms with Crippen molar-refractivity contribution in [2.24, 2.45) is 0 Å². The predicted octanol–water partition coefficient (Wildman–Crippen LogP) is 4.88. The van der Waals surface area contributed by atoms with Crippen molar-refractivity contribution in [2.75, 3.05) is 29.9 Å². The van der Waals surface area contributed by atoms with Gasteiger partial charge in [-0.15, -0.1) is 0 Å². The van der Waals surface area contributed by atoms with Gasteiger partial charge in [-0.05, 0) is 42.2 Å². The fourth-order valence-corrected chi connectivity index (χ4v) is 4.61. The lowest BCUT2D eigenvalue weighted by Crippen LogP contribution is -2.31. The summed E-state index contributed by atoms with van der Waals surface area (Å²) in [5.41, 5.74) is 4.53. The molecule has 0 saturated carbocycles. The number of carbonyl (C=O) groups is 1. The van der Waals surface area contributed by atoms with Crippen molar-refractivity contribution in [3.05, 3.63) is 63.6 Å². The summed E-state index contributed by atoms with van der Waals surface area (Å²) in [7, 11) is 0. The lowest BCUT2D eigenvalue weighted by molar-refractivity contribution is -0.116. The third kappa shape index (κ3) is 5.60. The van der Waals surface area contributed by atoms with Crippen LogP contribution in [0.1, 0.15) is 23.1 Å². The molecule has 3 nitrogen and oxygen atoms in total. The van der Waals surface area contributed by atoms with Gasteiger partial charge < -0.3 is 5.32 Å². The van der Waals surface area contributed by atoms with Crippen LogP contribution in [0.25, 0.3) is 0 Å². The summed E-state index contributed by atoms with van der Waals surface area (Å²) in [6.07, 6.45) is 1.21. The van der Waals surface area contributed by atoms with E-state index in [1.165, 1.54) is 17.1 Å². The number of nitrogens with zero attached hydrogens (tertiary/aromatic N) is 1. The molecule has 0 aromatic heterocycles. The molecule has 26 heavy (non-hydrogen) atoms. The molecule has 1 N–H and O–H groups in total. The molecule has 0 unspecified atom stereocenters. The Morgan fingerprint density at radius 3 is 2.69 bits per heavy atom. The van der Waals surface area contributed by atoms with Gasteiger partial charge in [0.2, 0.25) is 5.91 Å². The average Bonchev–Trinajstić information content (AvgIpc) is 2.64. The zero-order chi connectivity index (χ0) is 18.4. The van der Waals surface area contributed by atoms with Crippen LogP contribution in [0.2, 0.25) is 0 Å². The van der Waals surface area contributed by atoms with Crippen LogP contribution in [0.4, 0.5) is 5.69 Å². The van der Waals surface area contributed by atoms with Crippen LogP contribution in [-0.4, -0.2) is 35.4 Å². The van der Waals surface area contributed by atoms with Gasteiger partial charge in [-0.2, -0.15) is 11.8 Å². The number of amides is 1. The molecular weight excluding hydrogens is 408 g/mol. The Morgan fingerprint density at radius 2 is 1.96 bits per heavy atom. The minimum absolute atomic E-state index is 0.0599. The highest BCUT2D eigenvalue weighted by atomic mass is 79.9. The van der Waals surface area contributed by atoms with E-state index in [4.69, 9.17) is 0 Å². The van der Waals surface area contributed by atoms with Crippen molar-refractivity contribution in [3.8, 4) is 0 Å². The van der Waals surface area contributed by atoms with Gasteiger partial charge in [0.15, 0.2) is 0 Å². The molecule has 1 amide bonds. The van der Waals surface area contributed by atoms with Gasteiger partial charge in [0, 0.05) is 47.7 Å². The first kappa shape index (κ1) is 19.5. The van der Waals surface area contributed by atoms with E-state index >= 15 is 0 Å². The number of rotatable bonds is 6. The molecule has 0 spiro atoms. The Labute approximate surface area is 168 Å². The minimum atomic E-state index is 0.0599. The van der Waals surface area contributed by atoms with E-state index in [-0.39, 0.29) is 5.91 Å². The Hall–Kier alpha value is -1.30. The number of carbonyl (C=O) groups excluding carboxylic acids is 1. The van der Waals surface area contributed by atoms with Gasteiger partial charge in [0.05, 0.1) is 0 Å². The van der Waals surface area contributed by atoms with Gasteiger partial charge >= 0.3 is 0 Å². The first-order valence-electron chi connectivity index (χ1n) is 9.05. The van der Waals surface area contributed by atoms with E-state index < -0.39 is 0 Å². The topological polar surface area (TPSA) is 32.3 Å². The van der Waals surface area contributed by atoms with Crippen molar-refractivity contribution < 1.29 is 4.79 Å². The second-order valence-electron chi connectivity index (χ2n) is 6.68. The highest BCUT2D eigenvalue weighted by molar-refractivity contribution is 9.10. The van der Waals surface area contributed by atoms with E-state index in [0.29, 0.717) is 6.42 Å². The number of nitrogens with one attached hydrogen (secondary N) is 1. The lowest BCUT2D eigenvalue weighted by Gasteiger charge is -2.26. The molecule has 2 aromatic carbocycles. The van der Waals surface area contributed by atoms with Crippen LogP contribution < -0.4 is 5.32 Å². The quantitative estimate of drug-likeness (QED) is 0.705.